The van der Waals surface area contributed by atoms with Crippen LogP contribution in [0.3, 0.4) is 0 Å². The van der Waals surface area contributed by atoms with Crippen LogP contribution in [0, 0.1) is 0 Å². The number of morpholine rings is 1. The topological polar surface area (TPSA) is 67.4 Å². The summed E-state index contributed by atoms with van der Waals surface area (Å²) in [4.78, 5) is 7.03. The Labute approximate surface area is 173 Å². The molecule has 0 radical (unpaired) electrons. The third kappa shape index (κ3) is 7.55. The fraction of sp³-hybridized carbons (Fsp3) is 0.611. The highest BCUT2D eigenvalue weighted by Gasteiger charge is 2.10. The van der Waals surface area contributed by atoms with E-state index in [0.29, 0.717) is 6.61 Å². The molecule has 0 saturated carbocycles. The van der Waals surface area contributed by atoms with E-state index < -0.39 is 0 Å². The molecule has 0 amide bonds. The number of anilines is 1. The number of hydrogen-bond acceptors (Lipinski definition) is 5. The van der Waals surface area contributed by atoms with Crippen LogP contribution in [0.25, 0.3) is 0 Å². The molecule has 0 bridgehead atoms. The van der Waals surface area contributed by atoms with Crippen molar-refractivity contribution in [1.29, 1.82) is 0 Å². The Morgan fingerprint density at radius 3 is 2.65 bits per heavy atom. The van der Waals surface area contributed by atoms with E-state index in [1.165, 1.54) is 0 Å². The molecule has 0 unspecified atom stereocenters. The monoisotopic (exact) mass is 478 g/mol. The van der Waals surface area contributed by atoms with Gasteiger partial charge in [-0.05, 0) is 26.0 Å². The average Bonchev–Trinajstić information content (AvgIpc) is 2.63. The molecular formula is C18H31IN4O3. The summed E-state index contributed by atoms with van der Waals surface area (Å²) >= 11 is 0. The van der Waals surface area contributed by atoms with Gasteiger partial charge in [-0.25, -0.2) is 0 Å². The maximum Gasteiger partial charge on any atom is 0.195 e. The molecule has 1 aliphatic heterocycles. The Morgan fingerprint density at radius 2 is 2.00 bits per heavy atom. The summed E-state index contributed by atoms with van der Waals surface area (Å²) in [6, 6.07) is 5.78. The number of ether oxygens (including phenoxy) is 3. The molecule has 26 heavy (non-hydrogen) atoms. The predicted octanol–water partition coefficient (Wildman–Crippen LogP) is 2.42. The molecule has 0 atom stereocenters. The molecule has 1 saturated heterocycles. The van der Waals surface area contributed by atoms with Gasteiger partial charge in [-0.3, -0.25) is 9.89 Å². The first-order valence-electron chi connectivity index (χ1n) is 8.93. The second-order valence-electron chi connectivity index (χ2n) is 5.64. The molecule has 1 aliphatic rings. The van der Waals surface area contributed by atoms with Crippen molar-refractivity contribution in [2.24, 2.45) is 4.99 Å². The van der Waals surface area contributed by atoms with E-state index >= 15 is 0 Å². The van der Waals surface area contributed by atoms with Gasteiger partial charge >= 0.3 is 0 Å². The van der Waals surface area contributed by atoms with Gasteiger partial charge in [0.05, 0.1) is 33.5 Å². The van der Waals surface area contributed by atoms with E-state index in [-0.39, 0.29) is 24.0 Å². The average molecular weight is 478 g/mol. The smallest absolute Gasteiger partial charge is 0.195 e. The van der Waals surface area contributed by atoms with Crippen LogP contribution in [0.4, 0.5) is 5.69 Å². The fourth-order valence-electron chi connectivity index (χ4n) is 2.59. The number of benzene rings is 1. The number of nitrogens with one attached hydrogen (secondary N) is 2. The summed E-state index contributed by atoms with van der Waals surface area (Å²) in [5.41, 5.74) is 0.912. The van der Waals surface area contributed by atoms with Crippen LogP contribution in [-0.2, 0) is 4.74 Å². The van der Waals surface area contributed by atoms with E-state index in [1.807, 2.05) is 25.1 Å². The number of aliphatic imine (C=N–C) groups is 1. The molecule has 2 N–H and O–H groups in total. The van der Waals surface area contributed by atoms with E-state index in [2.05, 4.69) is 27.4 Å². The van der Waals surface area contributed by atoms with Crippen LogP contribution < -0.4 is 20.1 Å². The molecule has 7 nitrogen and oxygen atoms in total. The number of halogens is 1. The highest BCUT2D eigenvalue weighted by Crippen LogP contribution is 2.30. The van der Waals surface area contributed by atoms with Crippen LogP contribution in [0.15, 0.2) is 23.2 Å². The lowest BCUT2D eigenvalue weighted by Crippen LogP contribution is -2.38. The molecule has 0 aliphatic carbocycles. The number of methoxy groups -OCH3 is 1. The second-order valence-corrected chi connectivity index (χ2v) is 5.64. The summed E-state index contributed by atoms with van der Waals surface area (Å²) in [5.74, 6) is 2.21. The van der Waals surface area contributed by atoms with E-state index in [9.17, 15) is 0 Å². The lowest BCUT2D eigenvalue weighted by molar-refractivity contribution is 0.0394. The molecule has 1 aromatic rings. The second kappa shape index (κ2) is 13.0. The molecule has 8 heteroatoms. The first-order valence-corrected chi connectivity index (χ1v) is 8.93. The molecule has 0 aromatic heterocycles. The van der Waals surface area contributed by atoms with Gasteiger partial charge in [0, 0.05) is 37.9 Å². The lowest BCUT2D eigenvalue weighted by atomic mass is 10.2. The summed E-state index contributed by atoms with van der Waals surface area (Å²) in [6.45, 7) is 10.7. The van der Waals surface area contributed by atoms with Gasteiger partial charge in [0.25, 0.3) is 0 Å². The van der Waals surface area contributed by atoms with Gasteiger partial charge in [-0.1, -0.05) is 0 Å². The minimum absolute atomic E-state index is 0. The van der Waals surface area contributed by atoms with Crippen molar-refractivity contribution in [2.75, 3.05) is 65.0 Å². The van der Waals surface area contributed by atoms with Crippen LogP contribution in [0.1, 0.15) is 13.8 Å². The van der Waals surface area contributed by atoms with E-state index in [0.717, 1.165) is 69.1 Å². The van der Waals surface area contributed by atoms with Gasteiger partial charge < -0.3 is 24.8 Å². The number of hydrogen-bond donors (Lipinski definition) is 2. The van der Waals surface area contributed by atoms with Crippen LogP contribution in [0.5, 0.6) is 11.5 Å². The zero-order chi connectivity index (χ0) is 17.9. The van der Waals surface area contributed by atoms with Crippen molar-refractivity contribution in [3.63, 3.8) is 0 Å². The van der Waals surface area contributed by atoms with Crippen molar-refractivity contribution in [2.45, 2.75) is 13.8 Å². The summed E-state index contributed by atoms with van der Waals surface area (Å²) in [5, 5.41) is 6.60. The third-order valence-corrected chi connectivity index (χ3v) is 3.86. The van der Waals surface area contributed by atoms with Gasteiger partial charge in [-0.15, -0.1) is 24.0 Å². The Morgan fingerprint density at radius 1 is 1.23 bits per heavy atom. The van der Waals surface area contributed by atoms with Crippen LogP contribution in [0.2, 0.25) is 0 Å². The molecule has 1 aromatic carbocycles. The Hall–Kier alpha value is -1.26. The first-order chi connectivity index (χ1) is 12.3. The predicted molar refractivity (Wildman–Crippen MR) is 116 cm³/mol. The number of guanidine groups is 1. The quantitative estimate of drug-likeness (QED) is 0.340. The zero-order valence-corrected chi connectivity index (χ0v) is 18.2. The van der Waals surface area contributed by atoms with Crippen molar-refractivity contribution >= 4 is 35.6 Å². The molecule has 1 fully saturated rings. The van der Waals surface area contributed by atoms with Gasteiger partial charge in [0.15, 0.2) is 17.5 Å². The van der Waals surface area contributed by atoms with Gasteiger partial charge in [-0.2, -0.15) is 0 Å². The minimum Gasteiger partial charge on any atom is -0.493 e. The minimum atomic E-state index is 0. The summed E-state index contributed by atoms with van der Waals surface area (Å²) in [6.07, 6.45) is 0. The standard InChI is InChI=1S/C18H30N4O3.HI/c1-4-19-18(20-8-9-22-10-12-24-13-11-22)21-15-6-7-16(23-3)17(14-15)25-5-2;/h6-7,14H,4-5,8-13H2,1-3H3,(H2,19,20,21);1H. The Kier molecular flexibility index (Phi) is 11.4. The summed E-state index contributed by atoms with van der Waals surface area (Å²) < 4.78 is 16.3. The van der Waals surface area contributed by atoms with Crippen molar-refractivity contribution in [3.8, 4) is 11.5 Å². The van der Waals surface area contributed by atoms with Gasteiger partial charge in [0.2, 0.25) is 0 Å². The normalized spacial score (nSPS) is 15.1. The van der Waals surface area contributed by atoms with Crippen molar-refractivity contribution in [3.05, 3.63) is 18.2 Å². The highest BCUT2D eigenvalue weighted by molar-refractivity contribution is 14.0. The van der Waals surface area contributed by atoms with Crippen LogP contribution >= 0.6 is 24.0 Å². The highest BCUT2D eigenvalue weighted by atomic mass is 127. The van der Waals surface area contributed by atoms with Crippen molar-refractivity contribution < 1.29 is 14.2 Å². The number of nitrogens with zero attached hydrogens (tertiary/aromatic N) is 2. The maximum absolute atomic E-state index is 5.63. The molecule has 1 heterocycles. The zero-order valence-electron chi connectivity index (χ0n) is 15.9. The van der Waals surface area contributed by atoms with E-state index in [1.54, 1.807) is 7.11 Å². The Balaban J connectivity index is 0.00000338. The van der Waals surface area contributed by atoms with E-state index in [4.69, 9.17) is 14.2 Å². The SMILES string of the molecule is CCNC(=NCCN1CCOCC1)Nc1ccc(OC)c(OCC)c1.I. The molecule has 2 rings (SSSR count). The Bertz CT molecular complexity index is 551. The largest absolute Gasteiger partial charge is 0.493 e. The van der Waals surface area contributed by atoms with Crippen molar-refractivity contribution in [1.82, 2.24) is 10.2 Å². The third-order valence-electron chi connectivity index (χ3n) is 3.86. The maximum atomic E-state index is 5.63. The molecule has 0 spiro atoms. The van der Waals surface area contributed by atoms with Gasteiger partial charge in [0.1, 0.15) is 0 Å². The number of rotatable bonds is 8. The first kappa shape index (κ1) is 22.8. The summed E-state index contributed by atoms with van der Waals surface area (Å²) in [7, 11) is 1.64. The van der Waals surface area contributed by atoms with Crippen LogP contribution in [-0.4, -0.2) is 70.5 Å². The molecular weight excluding hydrogens is 447 g/mol. The lowest BCUT2D eigenvalue weighted by Gasteiger charge is -2.25. The fourth-order valence-corrected chi connectivity index (χ4v) is 2.59. The molecule has 148 valence electrons.